The Morgan fingerprint density at radius 3 is 2.30 bits per heavy atom. The highest BCUT2D eigenvalue weighted by Gasteiger charge is 2.32. The number of ether oxygens (including phenoxy) is 2. The maximum atomic E-state index is 12.5. The van der Waals surface area contributed by atoms with Crippen LogP contribution in [-0.2, 0) is 9.84 Å². The number of amides is 1. The first-order valence-corrected chi connectivity index (χ1v) is 12.3. The second-order valence-electron chi connectivity index (χ2n) is 7.74. The summed E-state index contributed by atoms with van der Waals surface area (Å²) in [6.07, 6.45) is 2.27. The smallest absolute Gasteiger partial charge is 0.415 e. The lowest BCUT2D eigenvalue weighted by atomic mass is 10.0. The Hall–Kier alpha value is -3.30. The molecule has 0 aliphatic carbocycles. The minimum atomic E-state index is -3.30. The number of carbonyl (C=O) groups is 1. The third-order valence-electron chi connectivity index (χ3n) is 5.15. The van der Waals surface area contributed by atoms with E-state index >= 15 is 0 Å². The zero-order valence-electron chi connectivity index (χ0n) is 17.7. The van der Waals surface area contributed by atoms with Gasteiger partial charge < -0.3 is 14.4 Å². The van der Waals surface area contributed by atoms with Crippen LogP contribution in [0.3, 0.4) is 0 Å². The zero-order valence-corrected chi connectivity index (χ0v) is 19.3. The molecule has 0 unspecified atom stereocenters. The number of sulfone groups is 1. The lowest BCUT2D eigenvalue weighted by Crippen LogP contribution is -2.53. The standard InChI is InChI=1S/C23H21ClN2O6S/c1-33(29,30)21-8-4-18(5-9-21)26-11-10-20(12-22(26)27)31-15-16-13-25(14-16)23(28)32-19-6-2-17(24)3-7-19/h2-12,16H,13-15H2,1H3. The van der Waals surface area contributed by atoms with Crippen molar-refractivity contribution in [1.29, 1.82) is 0 Å². The van der Waals surface area contributed by atoms with Gasteiger partial charge in [0.05, 0.1) is 11.5 Å². The molecule has 0 spiro atoms. The molecule has 1 aliphatic rings. The van der Waals surface area contributed by atoms with Crippen molar-refractivity contribution in [1.82, 2.24) is 9.47 Å². The predicted octanol–water partition coefficient (Wildman–Crippen LogP) is 3.40. The first kappa shape index (κ1) is 22.9. The molecule has 4 rings (SSSR count). The van der Waals surface area contributed by atoms with Gasteiger partial charge in [0.15, 0.2) is 9.84 Å². The Morgan fingerprint density at radius 1 is 1.03 bits per heavy atom. The first-order chi connectivity index (χ1) is 15.7. The fraction of sp³-hybridized carbons (Fsp3) is 0.217. The van der Waals surface area contributed by atoms with Crippen LogP contribution in [-0.4, -0.2) is 49.9 Å². The second-order valence-corrected chi connectivity index (χ2v) is 10.2. The number of benzene rings is 2. The number of halogens is 1. The van der Waals surface area contributed by atoms with Crippen LogP contribution in [0.2, 0.25) is 5.02 Å². The SMILES string of the molecule is CS(=O)(=O)c1ccc(-n2ccc(OCC3CN(C(=O)Oc4ccc(Cl)cc4)C3)cc2=O)cc1. The maximum Gasteiger partial charge on any atom is 0.415 e. The van der Waals surface area contributed by atoms with Crippen LogP contribution < -0.4 is 15.0 Å². The molecule has 2 heterocycles. The van der Waals surface area contributed by atoms with Gasteiger partial charge in [0.25, 0.3) is 5.56 Å². The van der Waals surface area contributed by atoms with Crippen molar-refractivity contribution in [3.63, 3.8) is 0 Å². The summed E-state index contributed by atoms with van der Waals surface area (Å²) in [5, 5.41) is 0.563. The van der Waals surface area contributed by atoms with Crippen molar-refractivity contribution in [2.75, 3.05) is 26.0 Å². The molecular weight excluding hydrogens is 468 g/mol. The third-order valence-corrected chi connectivity index (χ3v) is 6.53. The zero-order chi connectivity index (χ0) is 23.6. The van der Waals surface area contributed by atoms with Crippen molar-refractivity contribution >= 4 is 27.5 Å². The highest BCUT2D eigenvalue weighted by Crippen LogP contribution is 2.21. The minimum absolute atomic E-state index is 0.133. The van der Waals surface area contributed by atoms with Crippen LogP contribution in [0.1, 0.15) is 0 Å². The fourth-order valence-electron chi connectivity index (χ4n) is 3.32. The van der Waals surface area contributed by atoms with E-state index < -0.39 is 15.9 Å². The minimum Gasteiger partial charge on any atom is -0.493 e. The van der Waals surface area contributed by atoms with Crippen molar-refractivity contribution in [2.24, 2.45) is 5.92 Å². The highest BCUT2D eigenvalue weighted by atomic mass is 35.5. The lowest BCUT2D eigenvalue weighted by Gasteiger charge is -2.37. The molecular formula is C23H21ClN2O6S. The molecule has 1 aliphatic heterocycles. The van der Waals surface area contributed by atoms with Crippen LogP contribution in [0.25, 0.3) is 5.69 Å². The number of aromatic nitrogens is 1. The molecule has 0 N–H and O–H groups in total. The number of hydrogen-bond acceptors (Lipinski definition) is 6. The van der Waals surface area contributed by atoms with E-state index in [1.54, 1.807) is 53.6 Å². The molecule has 1 fully saturated rings. The Balaban J connectivity index is 1.28. The van der Waals surface area contributed by atoms with E-state index in [-0.39, 0.29) is 16.4 Å². The van der Waals surface area contributed by atoms with E-state index in [9.17, 15) is 18.0 Å². The molecule has 0 bridgehead atoms. The maximum absolute atomic E-state index is 12.5. The number of pyridine rings is 1. The number of nitrogens with zero attached hydrogens (tertiary/aromatic N) is 2. The van der Waals surface area contributed by atoms with Gasteiger partial charge in [-0.25, -0.2) is 13.2 Å². The van der Waals surface area contributed by atoms with Gasteiger partial charge in [-0.05, 0) is 54.6 Å². The largest absolute Gasteiger partial charge is 0.493 e. The highest BCUT2D eigenvalue weighted by molar-refractivity contribution is 7.90. The van der Waals surface area contributed by atoms with Gasteiger partial charge in [0.2, 0.25) is 0 Å². The second kappa shape index (κ2) is 9.29. The normalized spacial score (nSPS) is 13.9. The molecule has 1 amide bonds. The van der Waals surface area contributed by atoms with Gasteiger partial charge >= 0.3 is 6.09 Å². The van der Waals surface area contributed by atoms with Crippen molar-refractivity contribution in [2.45, 2.75) is 4.90 Å². The Labute approximate surface area is 195 Å². The first-order valence-electron chi connectivity index (χ1n) is 10.1. The monoisotopic (exact) mass is 488 g/mol. The van der Waals surface area contributed by atoms with Crippen molar-refractivity contribution in [3.8, 4) is 17.2 Å². The quantitative estimate of drug-likeness (QED) is 0.527. The van der Waals surface area contributed by atoms with Crippen LogP contribution >= 0.6 is 11.6 Å². The van der Waals surface area contributed by atoms with Crippen LogP contribution in [0.15, 0.2) is 76.6 Å². The van der Waals surface area contributed by atoms with Crippen molar-refractivity contribution < 1.29 is 22.7 Å². The summed E-state index contributed by atoms with van der Waals surface area (Å²) in [5.41, 5.74) is 0.245. The molecule has 3 aromatic rings. The molecule has 33 heavy (non-hydrogen) atoms. The Bertz CT molecular complexity index is 1310. The molecule has 2 aromatic carbocycles. The molecule has 8 nitrogen and oxygen atoms in total. The van der Waals surface area contributed by atoms with Gasteiger partial charge in [0.1, 0.15) is 11.5 Å². The molecule has 0 saturated carbocycles. The van der Waals surface area contributed by atoms with E-state index in [0.717, 1.165) is 6.26 Å². The topological polar surface area (TPSA) is 94.9 Å². The van der Waals surface area contributed by atoms with Gasteiger partial charge in [-0.3, -0.25) is 9.36 Å². The Kier molecular flexibility index (Phi) is 6.44. The summed E-state index contributed by atoms with van der Waals surface area (Å²) in [4.78, 5) is 26.4. The molecule has 1 aromatic heterocycles. The molecule has 0 radical (unpaired) electrons. The lowest BCUT2D eigenvalue weighted by molar-refractivity contribution is 0.0627. The number of carbonyl (C=O) groups excluding carboxylic acids is 1. The fourth-order valence-corrected chi connectivity index (χ4v) is 4.08. The number of hydrogen-bond donors (Lipinski definition) is 0. The molecule has 0 atom stereocenters. The number of likely N-dealkylation sites (tertiary alicyclic amines) is 1. The summed E-state index contributed by atoms with van der Waals surface area (Å²) < 4.78 is 35.6. The van der Waals surface area contributed by atoms with E-state index in [1.807, 2.05) is 0 Å². The van der Waals surface area contributed by atoms with Gasteiger partial charge in [-0.2, -0.15) is 0 Å². The summed E-state index contributed by atoms with van der Waals surface area (Å²) in [5.74, 6) is 0.982. The number of rotatable bonds is 6. The van der Waals surface area contributed by atoms with E-state index in [0.29, 0.717) is 41.9 Å². The van der Waals surface area contributed by atoms with Gasteiger partial charge in [-0.15, -0.1) is 0 Å². The molecule has 1 saturated heterocycles. The van der Waals surface area contributed by atoms with E-state index in [4.69, 9.17) is 21.1 Å². The van der Waals surface area contributed by atoms with Crippen LogP contribution in [0, 0.1) is 5.92 Å². The summed E-state index contributed by atoms with van der Waals surface area (Å²) in [6, 6.07) is 15.7. The summed E-state index contributed by atoms with van der Waals surface area (Å²) in [6.45, 7) is 1.35. The van der Waals surface area contributed by atoms with Crippen LogP contribution in [0.5, 0.6) is 11.5 Å². The Morgan fingerprint density at radius 2 is 1.70 bits per heavy atom. The summed E-state index contributed by atoms with van der Waals surface area (Å²) in [7, 11) is -3.30. The predicted molar refractivity (Wildman–Crippen MR) is 123 cm³/mol. The average molecular weight is 489 g/mol. The van der Waals surface area contributed by atoms with Gasteiger partial charge in [0, 0.05) is 48.2 Å². The van der Waals surface area contributed by atoms with Crippen molar-refractivity contribution in [3.05, 3.63) is 82.2 Å². The van der Waals surface area contributed by atoms with E-state index in [1.165, 1.54) is 22.8 Å². The third kappa shape index (κ3) is 5.55. The molecule has 172 valence electrons. The van der Waals surface area contributed by atoms with Gasteiger partial charge in [-0.1, -0.05) is 11.6 Å². The van der Waals surface area contributed by atoms with Crippen LogP contribution in [0.4, 0.5) is 4.79 Å². The van der Waals surface area contributed by atoms with E-state index in [2.05, 4.69) is 0 Å². The average Bonchev–Trinajstić information content (AvgIpc) is 2.74. The molecule has 10 heteroatoms. The summed E-state index contributed by atoms with van der Waals surface area (Å²) >= 11 is 5.82.